The number of aryl methyl sites for hydroxylation is 2. The van der Waals surface area contributed by atoms with Crippen molar-refractivity contribution in [2.75, 3.05) is 19.6 Å². The van der Waals surface area contributed by atoms with Crippen LogP contribution in [0.1, 0.15) is 64.4 Å². The first-order chi connectivity index (χ1) is 13.0. The standard InChI is InChI=1S/C24H36N2O/c1-4-5-6-15-25-17-13-24(3,14-18-25)12-7-16-26-22-19-20(2)8-9-21(22)10-11-23(26)27/h8-11,19H,4-7,12-18H2,1-3H3. The summed E-state index contributed by atoms with van der Waals surface area (Å²) in [6.45, 7) is 11.4. The van der Waals surface area contributed by atoms with Crippen LogP contribution in [0.25, 0.3) is 10.9 Å². The normalized spacial score (nSPS) is 17.4. The fourth-order valence-electron chi connectivity index (χ4n) is 4.44. The Labute approximate surface area is 164 Å². The third kappa shape index (κ3) is 5.22. The number of pyridine rings is 1. The highest BCUT2D eigenvalue weighted by molar-refractivity contribution is 5.79. The van der Waals surface area contributed by atoms with Crippen molar-refractivity contribution in [3.8, 4) is 0 Å². The minimum Gasteiger partial charge on any atom is -0.308 e. The molecule has 1 fully saturated rings. The monoisotopic (exact) mass is 368 g/mol. The fraction of sp³-hybridized carbons (Fsp3) is 0.625. The maximum atomic E-state index is 12.4. The lowest BCUT2D eigenvalue weighted by Gasteiger charge is -2.39. The molecule has 0 aliphatic carbocycles. The zero-order chi connectivity index (χ0) is 19.3. The van der Waals surface area contributed by atoms with Crippen LogP contribution in [-0.4, -0.2) is 29.1 Å². The van der Waals surface area contributed by atoms with Gasteiger partial charge in [-0.15, -0.1) is 0 Å². The van der Waals surface area contributed by atoms with Crippen LogP contribution < -0.4 is 5.56 Å². The summed E-state index contributed by atoms with van der Waals surface area (Å²) in [5.41, 5.74) is 2.86. The topological polar surface area (TPSA) is 25.2 Å². The van der Waals surface area contributed by atoms with Crippen LogP contribution in [0.2, 0.25) is 0 Å². The van der Waals surface area contributed by atoms with Crippen LogP contribution in [0, 0.1) is 12.3 Å². The molecule has 3 heteroatoms. The van der Waals surface area contributed by atoms with E-state index >= 15 is 0 Å². The molecule has 0 atom stereocenters. The molecule has 148 valence electrons. The van der Waals surface area contributed by atoms with Crippen molar-refractivity contribution >= 4 is 10.9 Å². The second-order valence-electron chi connectivity index (χ2n) is 8.85. The number of aromatic nitrogens is 1. The lowest BCUT2D eigenvalue weighted by atomic mass is 9.76. The molecule has 0 saturated carbocycles. The fourth-order valence-corrected chi connectivity index (χ4v) is 4.44. The molecule has 3 nitrogen and oxygen atoms in total. The average Bonchev–Trinajstić information content (AvgIpc) is 2.65. The maximum Gasteiger partial charge on any atom is 0.251 e. The summed E-state index contributed by atoms with van der Waals surface area (Å²) in [6, 6.07) is 10.0. The van der Waals surface area contributed by atoms with Crippen LogP contribution in [-0.2, 0) is 6.54 Å². The van der Waals surface area contributed by atoms with E-state index < -0.39 is 0 Å². The summed E-state index contributed by atoms with van der Waals surface area (Å²) in [5, 5.41) is 1.16. The molecule has 1 aromatic carbocycles. The average molecular weight is 369 g/mol. The Kier molecular flexibility index (Phi) is 6.75. The van der Waals surface area contributed by atoms with Crippen LogP contribution in [0.3, 0.4) is 0 Å². The predicted molar refractivity (Wildman–Crippen MR) is 115 cm³/mol. The van der Waals surface area contributed by atoms with Gasteiger partial charge in [-0.2, -0.15) is 0 Å². The van der Waals surface area contributed by atoms with Crippen molar-refractivity contribution in [3.05, 3.63) is 46.2 Å². The lowest BCUT2D eigenvalue weighted by Crippen LogP contribution is -2.39. The molecule has 0 spiro atoms. The third-order valence-corrected chi connectivity index (χ3v) is 6.45. The summed E-state index contributed by atoms with van der Waals surface area (Å²) in [7, 11) is 0. The van der Waals surface area contributed by atoms with Gasteiger partial charge in [0.2, 0.25) is 0 Å². The van der Waals surface area contributed by atoms with E-state index in [0.717, 1.165) is 23.9 Å². The van der Waals surface area contributed by atoms with E-state index in [1.807, 2.05) is 10.6 Å². The molecule has 0 N–H and O–H groups in total. The van der Waals surface area contributed by atoms with E-state index in [1.165, 1.54) is 63.7 Å². The number of hydrogen-bond donors (Lipinski definition) is 0. The number of benzene rings is 1. The lowest BCUT2D eigenvalue weighted by molar-refractivity contribution is 0.106. The molecule has 0 unspecified atom stereocenters. The van der Waals surface area contributed by atoms with Gasteiger partial charge in [-0.05, 0) is 87.2 Å². The number of hydrogen-bond acceptors (Lipinski definition) is 2. The number of rotatable bonds is 8. The highest BCUT2D eigenvalue weighted by Gasteiger charge is 2.29. The molecule has 1 aromatic heterocycles. The molecule has 27 heavy (non-hydrogen) atoms. The minimum absolute atomic E-state index is 0.129. The smallest absolute Gasteiger partial charge is 0.251 e. The van der Waals surface area contributed by atoms with Gasteiger partial charge in [0.1, 0.15) is 0 Å². The maximum absolute atomic E-state index is 12.4. The molecule has 2 aromatic rings. The highest BCUT2D eigenvalue weighted by Crippen LogP contribution is 2.35. The molecular weight excluding hydrogens is 332 g/mol. The Hall–Kier alpha value is -1.61. The quantitative estimate of drug-likeness (QED) is 0.584. The van der Waals surface area contributed by atoms with Gasteiger partial charge in [0.25, 0.3) is 5.56 Å². The first-order valence-corrected chi connectivity index (χ1v) is 10.8. The van der Waals surface area contributed by atoms with Crippen molar-refractivity contribution in [1.29, 1.82) is 0 Å². The Balaban J connectivity index is 1.56. The SMILES string of the molecule is CCCCCN1CCC(C)(CCCn2c(=O)ccc3ccc(C)cc32)CC1. The predicted octanol–water partition coefficient (Wildman–Crippen LogP) is 5.38. The first-order valence-electron chi connectivity index (χ1n) is 10.8. The van der Waals surface area contributed by atoms with Gasteiger partial charge in [0.15, 0.2) is 0 Å². The van der Waals surface area contributed by atoms with E-state index in [0.29, 0.717) is 5.41 Å². The number of nitrogens with zero attached hydrogens (tertiary/aromatic N) is 2. The molecule has 0 amide bonds. The third-order valence-electron chi connectivity index (χ3n) is 6.45. The van der Waals surface area contributed by atoms with Gasteiger partial charge in [0, 0.05) is 12.6 Å². The highest BCUT2D eigenvalue weighted by atomic mass is 16.1. The molecule has 2 heterocycles. The van der Waals surface area contributed by atoms with Gasteiger partial charge in [-0.25, -0.2) is 0 Å². The Morgan fingerprint density at radius 2 is 1.74 bits per heavy atom. The van der Waals surface area contributed by atoms with Gasteiger partial charge in [-0.3, -0.25) is 4.79 Å². The molecule has 1 aliphatic heterocycles. The van der Waals surface area contributed by atoms with E-state index in [4.69, 9.17) is 0 Å². The van der Waals surface area contributed by atoms with Gasteiger partial charge < -0.3 is 9.47 Å². The van der Waals surface area contributed by atoms with E-state index in [9.17, 15) is 4.79 Å². The number of unbranched alkanes of at least 4 members (excludes halogenated alkanes) is 2. The Morgan fingerprint density at radius 1 is 1.00 bits per heavy atom. The summed E-state index contributed by atoms with van der Waals surface area (Å²) >= 11 is 0. The number of piperidine rings is 1. The van der Waals surface area contributed by atoms with Crippen LogP contribution in [0.4, 0.5) is 0 Å². The molecule has 3 rings (SSSR count). The summed E-state index contributed by atoms with van der Waals surface area (Å²) < 4.78 is 1.98. The Bertz CT molecular complexity index is 800. The minimum atomic E-state index is 0.129. The first kappa shape index (κ1) is 20.1. The van der Waals surface area contributed by atoms with Crippen molar-refractivity contribution < 1.29 is 0 Å². The second kappa shape index (κ2) is 9.05. The molecule has 1 saturated heterocycles. The zero-order valence-electron chi connectivity index (χ0n) is 17.5. The van der Waals surface area contributed by atoms with E-state index in [1.54, 1.807) is 6.07 Å². The molecular formula is C24H36N2O. The van der Waals surface area contributed by atoms with Crippen molar-refractivity contribution in [2.45, 2.75) is 72.3 Å². The van der Waals surface area contributed by atoms with Crippen molar-refractivity contribution in [3.63, 3.8) is 0 Å². The van der Waals surface area contributed by atoms with Gasteiger partial charge in [-0.1, -0.05) is 38.8 Å². The largest absolute Gasteiger partial charge is 0.308 e. The van der Waals surface area contributed by atoms with Crippen LogP contribution in [0.5, 0.6) is 0 Å². The van der Waals surface area contributed by atoms with E-state index in [-0.39, 0.29) is 5.56 Å². The summed E-state index contributed by atoms with van der Waals surface area (Å²) in [4.78, 5) is 15.1. The summed E-state index contributed by atoms with van der Waals surface area (Å²) in [5.74, 6) is 0. The van der Waals surface area contributed by atoms with Crippen LogP contribution in [0.15, 0.2) is 35.1 Å². The van der Waals surface area contributed by atoms with Crippen molar-refractivity contribution in [1.82, 2.24) is 9.47 Å². The second-order valence-corrected chi connectivity index (χ2v) is 8.85. The number of fused-ring (bicyclic) bond motifs is 1. The zero-order valence-corrected chi connectivity index (χ0v) is 17.5. The number of likely N-dealkylation sites (tertiary alicyclic amines) is 1. The summed E-state index contributed by atoms with van der Waals surface area (Å²) in [6.07, 6.45) is 8.89. The molecule has 1 aliphatic rings. The van der Waals surface area contributed by atoms with Gasteiger partial charge >= 0.3 is 0 Å². The van der Waals surface area contributed by atoms with Gasteiger partial charge in [0.05, 0.1) is 5.52 Å². The van der Waals surface area contributed by atoms with Crippen molar-refractivity contribution in [2.24, 2.45) is 5.41 Å². The molecule has 0 radical (unpaired) electrons. The molecule has 0 bridgehead atoms. The Morgan fingerprint density at radius 3 is 2.48 bits per heavy atom. The van der Waals surface area contributed by atoms with Crippen LogP contribution >= 0.6 is 0 Å². The van der Waals surface area contributed by atoms with E-state index in [2.05, 4.69) is 43.9 Å².